The fourth-order valence-corrected chi connectivity index (χ4v) is 3.38. The molecule has 0 fully saturated rings. The molecule has 0 heterocycles. The van der Waals surface area contributed by atoms with Gasteiger partial charge in [0.25, 0.3) is 5.91 Å². The Balaban J connectivity index is 1.69. The van der Waals surface area contributed by atoms with Crippen LogP contribution in [0.1, 0.15) is 25.0 Å². The summed E-state index contributed by atoms with van der Waals surface area (Å²) in [6, 6.07) is 15.7. The number of nitrogens with one attached hydrogen (secondary N) is 1. The predicted molar refractivity (Wildman–Crippen MR) is 107 cm³/mol. The molecule has 5 heteroatoms. The van der Waals surface area contributed by atoms with Gasteiger partial charge in [0.15, 0.2) is 6.10 Å². The van der Waals surface area contributed by atoms with E-state index in [1.807, 2.05) is 42.5 Å². The largest absolute Gasteiger partial charge is 0.481 e. The van der Waals surface area contributed by atoms with Crippen LogP contribution >= 0.6 is 23.4 Å². The number of ether oxygens (including phenoxy) is 1. The summed E-state index contributed by atoms with van der Waals surface area (Å²) in [6.07, 6.45) is 0.371. The van der Waals surface area contributed by atoms with Gasteiger partial charge in [-0.2, -0.15) is 11.8 Å². The van der Waals surface area contributed by atoms with Gasteiger partial charge in [-0.15, -0.1) is 0 Å². The minimum Gasteiger partial charge on any atom is -0.481 e. The van der Waals surface area contributed by atoms with Gasteiger partial charge in [-0.3, -0.25) is 4.79 Å². The van der Waals surface area contributed by atoms with Gasteiger partial charge < -0.3 is 10.1 Å². The molecule has 0 saturated heterocycles. The van der Waals surface area contributed by atoms with E-state index in [0.717, 1.165) is 34.3 Å². The highest BCUT2D eigenvalue weighted by Crippen LogP contribution is 2.20. The molecule has 134 valence electrons. The van der Waals surface area contributed by atoms with Crippen LogP contribution in [0, 0.1) is 0 Å². The van der Waals surface area contributed by atoms with Crippen LogP contribution in [0.3, 0.4) is 0 Å². The van der Waals surface area contributed by atoms with Gasteiger partial charge in [-0.25, -0.2) is 0 Å². The molecule has 1 amide bonds. The molecular formula is C20H24ClNO2S. The number of carbonyl (C=O) groups excluding carboxylic acids is 1. The van der Waals surface area contributed by atoms with Crippen LogP contribution in [-0.2, 0) is 17.0 Å². The summed E-state index contributed by atoms with van der Waals surface area (Å²) in [6.45, 7) is 4.47. The van der Waals surface area contributed by atoms with E-state index in [1.54, 1.807) is 18.7 Å². The van der Waals surface area contributed by atoms with Crippen molar-refractivity contribution in [3.05, 3.63) is 64.7 Å². The van der Waals surface area contributed by atoms with Gasteiger partial charge in [0, 0.05) is 23.1 Å². The first kappa shape index (κ1) is 19.7. The summed E-state index contributed by atoms with van der Waals surface area (Å²) in [7, 11) is 0. The lowest BCUT2D eigenvalue weighted by molar-refractivity contribution is -0.127. The van der Waals surface area contributed by atoms with E-state index in [-0.39, 0.29) is 5.91 Å². The second kappa shape index (κ2) is 10.4. The van der Waals surface area contributed by atoms with E-state index in [1.165, 1.54) is 5.56 Å². The molecule has 3 nitrogen and oxygen atoms in total. The number of thioether (sulfide) groups is 1. The first-order valence-corrected chi connectivity index (χ1v) is 9.98. The molecule has 2 aromatic carbocycles. The molecule has 0 bridgehead atoms. The number of rotatable bonds is 9. The van der Waals surface area contributed by atoms with Gasteiger partial charge in [-0.05, 0) is 42.7 Å². The van der Waals surface area contributed by atoms with E-state index in [0.29, 0.717) is 6.54 Å². The summed E-state index contributed by atoms with van der Waals surface area (Å²) in [5.74, 6) is 2.42. The first-order valence-electron chi connectivity index (χ1n) is 8.44. The number of para-hydroxylation sites is 1. The molecule has 0 aliphatic heterocycles. The average molecular weight is 378 g/mol. The Morgan fingerprint density at radius 2 is 2.04 bits per heavy atom. The van der Waals surface area contributed by atoms with Crippen molar-refractivity contribution < 1.29 is 9.53 Å². The third-order valence-electron chi connectivity index (χ3n) is 3.73. The molecule has 1 N–H and O–H groups in total. The van der Waals surface area contributed by atoms with E-state index in [2.05, 4.69) is 18.3 Å². The normalized spacial score (nSPS) is 11.8. The van der Waals surface area contributed by atoms with Gasteiger partial charge in [0.2, 0.25) is 0 Å². The molecule has 0 aliphatic rings. The number of aryl methyl sites for hydroxylation is 1. The van der Waals surface area contributed by atoms with E-state index >= 15 is 0 Å². The lowest BCUT2D eigenvalue weighted by Gasteiger charge is -2.16. The molecule has 0 aliphatic carbocycles. The Morgan fingerprint density at radius 3 is 2.80 bits per heavy atom. The highest BCUT2D eigenvalue weighted by molar-refractivity contribution is 7.98. The molecule has 0 spiro atoms. The highest BCUT2D eigenvalue weighted by atomic mass is 35.5. The Hall–Kier alpha value is -1.65. The number of benzene rings is 2. The Kier molecular flexibility index (Phi) is 8.16. The lowest BCUT2D eigenvalue weighted by Crippen LogP contribution is -2.37. The third kappa shape index (κ3) is 6.63. The van der Waals surface area contributed by atoms with Gasteiger partial charge in [0.05, 0.1) is 0 Å². The quantitative estimate of drug-likeness (QED) is 0.642. The summed E-state index contributed by atoms with van der Waals surface area (Å²) < 4.78 is 5.80. The third-order valence-corrected chi connectivity index (χ3v) is 5.00. The summed E-state index contributed by atoms with van der Waals surface area (Å²) in [5.41, 5.74) is 2.30. The number of hydrogen-bond acceptors (Lipinski definition) is 3. The molecule has 0 aromatic heterocycles. The Labute approximate surface area is 159 Å². The maximum Gasteiger partial charge on any atom is 0.260 e. The molecule has 0 unspecified atom stereocenters. The highest BCUT2D eigenvalue weighted by Gasteiger charge is 2.15. The van der Waals surface area contributed by atoms with Crippen LogP contribution in [-0.4, -0.2) is 24.3 Å². The fourth-order valence-electron chi connectivity index (χ4n) is 2.36. The van der Waals surface area contributed by atoms with Crippen LogP contribution < -0.4 is 10.1 Å². The van der Waals surface area contributed by atoms with E-state index in [4.69, 9.17) is 16.3 Å². The summed E-state index contributed by atoms with van der Waals surface area (Å²) in [4.78, 5) is 12.2. The first-order chi connectivity index (χ1) is 12.1. The number of carbonyl (C=O) groups is 1. The fraction of sp³-hybridized carbons (Fsp3) is 0.350. The van der Waals surface area contributed by atoms with Crippen LogP contribution in [0.4, 0.5) is 0 Å². The minimum absolute atomic E-state index is 0.0886. The number of hydrogen-bond donors (Lipinski definition) is 1. The molecule has 1 atom stereocenters. The smallest absolute Gasteiger partial charge is 0.260 e. The molecule has 0 radical (unpaired) electrons. The van der Waals surface area contributed by atoms with Crippen molar-refractivity contribution in [2.24, 2.45) is 0 Å². The number of halogens is 1. The second-order valence-corrected chi connectivity index (χ2v) is 7.24. The Bertz CT molecular complexity index is 693. The molecule has 25 heavy (non-hydrogen) atoms. The van der Waals surface area contributed by atoms with E-state index < -0.39 is 6.10 Å². The lowest BCUT2D eigenvalue weighted by atomic mass is 10.1. The zero-order valence-corrected chi connectivity index (χ0v) is 16.2. The van der Waals surface area contributed by atoms with Gasteiger partial charge in [-0.1, -0.05) is 48.9 Å². The zero-order valence-electron chi connectivity index (χ0n) is 14.6. The van der Waals surface area contributed by atoms with Gasteiger partial charge >= 0.3 is 0 Å². The van der Waals surface area contributed by atoms with Crippen molar-refractivity contribution in [1.29, 1.82) is 0 Å². The van der Waals surface area contributed by atoms with Crippen molar-refractivity contribution in [3.63, 3.8) is 0 Å². The average Bonchev–Trinajstić information content (AvgIpc) is 2.61. The molecular weight excluding hydrogens is 354 g/mol. The van der Waals surface area contributed by atoms with Crippen LogP contribution in [0.15, 0.2) is 48.5 Å². The van der Waals surface area contributed by atoms with Crippen LogP contribution in [0.5, 0.6) is 5.75 Å². The van der Waals surface area contributed by atoms with Crippen LogP contribution in [0.2, 0.25) is 5.02 Å². The monoisotopic (exact) mass is 377 g/mol. The second-order valence-electron chi connectivity index (χ2n) is 5.69. The van der Waals surface area contributed by atoms with E-state index in [9.17, 15) is 4.79 Å². The van der Waals surface area contributed by atoms with Crippen LogP contribution in [0.25, 0.3) is 0 Å². The maximum absolute atomic E-state index is 12.2. The summed E-state index contributed by atoms with van der Waals surface area (Å²) >= 11 is 7.73. The molecule has 2 aromatic rings. The van der Waals surface area contributed by atoms with Gasteiger partial charge in [0.1, 0.15) is 5.75 Å². The van der Waals surface area contributed by atoms with Crippen molar-refractivity contribution >= 4 is 29.3 Å². The minimum atomic E-state index is -0.509. The predicted octanol–water partition coefficient (Wildman–Crippen LogP) is 4.72. The van der Waals surface area contributed by atoms with Crippen molar-refractivity contribution in [2.45, 2.75) is 32.1 Å². The molecule has 2 rings (SSSR count). The Morgan fingerprint density at radius 1 is 1.24 bits per heavy atom. The maximum atomic E-state index is 12.2. The number of amides is 1. The van der Waals surface area contributed by atoms with Crippen molar-refractivity contribution in [1.82, 2.24) is 5.32 Å². The SMILES string of the molecule is CCc1ccccc1O[C@H](C)C(=O)NCCSCc1cccc(Cl)c1. The topological polar surface area (TPSA) is 38.3 Å². The van der Waals surface area contributed by atoms with Crippen molar-refractivity contribution in [2.75, 3.05) is 12.3 Å². The molecule has 0 saturated carbocycles. The standard InChI is InChI=1S/C20H24ClNO2S/c1-3-17-8-4-5-10-19(17)24-15(2)20(23)22-11-12-25-14-16-7-6-9-18(21)13-16/h4-10,13,15H,3,11-12,14H2,1-2H3,(H,22,23)/t15-/m1/s1. The van der Waals surface area contributed by atoms with Crippen molar-refractivity contribution in [3.8, 4) is 5.75 Å². The summed E-state index contributed by atoms with van der Waals surface area (Å²) in [5, 5.41) is 3.68. The zero-order chi connectivity index (χ0) is 18.1.